The molecule has 0 radical (unpaired) electrons. The zero-order valence-corrected chi connectivity index (χ0v) is 12.9. The molecule has 1 fully saturated rings. The lowest BCUT2D eigenvalue weighted by Gasteiger charge is -2.27. The Kier molecular flexibility index (Phi) is 4.60. The van der Waals surface area contributed by atoms with Gasteiger partial charge in [-0.05, 0) is 50.7 Å². The number of carbonyl (C=O) groups excluding carboxylic acids is 1. The van der Waals surface area contributed by atoms with E-state index in [2.05, 4.69) is 6.08 Å². The summed E-state index contributed by atoms with van der Waals surface area (Å²) in [6, 6.07) is 6.12. The normalized spacial score (nSPS) is 17.3. The van der Waals surface area contributed by atoms with Crippen molar-refractivity contribution in [2.45, 2.75) is 44.6 Å². The maximum Gasteiger partial charge on any atom is 0.269 e. The standard InChI is InChI=1S/C17H20N2O4/c20-17(12-23-16-10-8-15(9-11-16)19(21)22)18(14-6-7-14)13-4-2-1-3-5-13/h4,8-11,14H,1-3,5-7,12H2. The Hall–Kier alpha value is -2.37. The van der Waals surface area contributed by atoms with Crippen LogP contribution in [0, 0.1) is 10.1 Å². The minimum atomic E-state index is -0.459. The second kappa shape index (κ2) is 6.81. The fraction of sp³-hybridized carbons (Fsp3) is 0.471. The molecule has 1 aromatic rings. The SMILES string of the molecule is O=C(COc1ccc([N+](=O)[O-])cc1)N(C1=CCCCC1)C1CC1. The zero-order valence-electron chi connectivity index (χ0n) is 12.9. The highest BCUT2D eigenvalue weighted by Gasteiger charge is 2.35. The Bertz CT molecular complexity index is 620. The van der Waals surface area contributed by atoms with Gasteiger partial charge in [-0.1, -0.05) is 6.08 Å². The van der Waals surface area contributed by atoms with E-state index >= 15 is 0 Å². The van der Waals surface area contributed by atoms with Crippen LogP contribution in [0.1, 0.15) is 38.5 Å². The first-order valence-electron chi connectivity index (χ1n) is 8.03. The van der Waals surface area contributed by atoms with Crippen molar-refractivity contribution in [2.75, 3.05) is 6.61 Å². The van der Waals surface area contributed by atoms with Crippen molar-refractivity contribution in [3.8, 4) is 5.75 Å². The van der Waals surface area contributed by atoms with E-state index in [1.165, 1.54) is 30.7 Å². The minimum Gasteiger partial charge on any atom is -0.484 e. The molecule has 122 valence electrons. The highest BCUT2D eigenvalue weighted by Crippen LogP contribution is 2.33. The number of benzene rings is 1. The summed E-state index contributed by atoms with van der Waals surface area (Å²) in [6.07, 6.45) is 8.60. The summed E-state index contributed by atoms with van der Waals surface area (Å²) in [5, 5.41) is 10.6. The van der Waals surface area contributed by atoms with Gasteiger partial charge in [0.15, 0.2) is 6.61 Å². The van der Waals surface area contributed by atoms with E-state index in [9.17, 15) is 14.9 Å². The zero-order chi connectivity index (χ0) is 16.2. The van der Waals surface area contributed by atoms with Crippen LogP contribution in [0.3, 0.4) is 0 Å². The quantitative estimate of drug-likeness (QED) is 0.595. The molecule has 6 nitrogen and oxygen atoms in total. The molecule has 23 heavy (non-hydrogen) atoms. The van der Waals surface area contributed by atoms with E-state index in [1.807, 2.05) is 4.90 Å². The molecule has 0 bridgehead atoms. The van der Waals surface area contributed by atoms with Crippen LogP contribution in [0.5, 0.6) is 5.75 Å². The Balaban J connectivity index is 1.60. The van der Waals surface area contributed by atoms with Crippen LogP contribution < -0.4 is 4.74 Å². The van der Waals surface area contributed by atoms with E-state index in [-0.39, 0.29) is 18.2 Å². The Morgan fingerprint density at radius 2 is 2.00 bits per heavy atom. The van der Waals surface area contributed by atoms with Crippen LogP contribution in [0.4, 0.5) is 5.69 Å². The third kappa shape index (κ3) is 3.88. The minimum absolute atomic E-state index is 0.00986. The van der Waals surface area contributed by atoms with E-state index in [1.54, 1.807) is 0 Å². The molecule has 3 rings (SSSR count). The third-order valence-corrected chi connectivity index (χ3v) is 4.17. The number of amides is 1. The van der Waals surface area contributed by atoms with Crippen LogP contribution in [0.15, 0.2) is 36.0 Å². The molecule has 0 spiro atoms. The Morgan fingerprint density at radius 1 is 1.26 bits per heavy atom. The molecule has 0 aliphatic heterocycles. The van der Waals surface area contributed by atoms with Crippen molar-refractivity contribution < 1.29 is 14.5 Å². The van der Waals surface area contributed by atoms with Crippen molar-refractivity contribution in [1.82, 2.24) is 4.90 Å². The molecule has 6 heteroatoms. The molecule has 2 aliphatic rings. The number of nitro benzene ring substituents is 1. The van der Waals surface area contributed by atoms with Crippen LogP contribution in [-0.2, 0) is 4.79 Å². The predicted octanol–water partition coefficient (Wildman–Crippen LogP) is 3.42. The number of allylic oxidation sites excluding steroid dienone is 2. The maximum absolute atomic E-state index is 12.5. The van der Waals surface area contributed by atoms with Gasteiger partial charge >= 0.3 is 0 Å². The van der Waals surface area contributed by atoms with Crippen molar-refractivity contribution in [3.05, 3.63) is 46.2 Å². The molecule has 0 aromatic heterocycles. The molecule has 0 saturated heterocycles. The molecule has 0 heterocycles. The molecule has 2 aliphatic carbocycles. The summed E-state index contributed by atoms with van der Waals surface area (Å²) in [4.78, 5) is 24.6. The van der Waals surface area contributed by atoms with Gasteiger partial charge in [-0.25, -0.2) is 0 Å². The lowest BCUT2D eigenvalue weighted by Crippen LogP contribution is -2.36. The van der Waals surface area contributed by atoms with Crippen molar-refractivity contribution in [2.24, 2.45) is 0 Å². The van der Waals surface area contributed by atoms with E-state index in [0.717, 1.165) is 37.8 Å². The van der Waals surface area contributed by atoms with Gasteiger partial charge in [0, 0.05) is 23.9 Å². The first kappa shape index (κ1) is 15.5. The van der Waals surface area contributed by atoms with Crippen LogP contribution in [0.25, 0.3) is 0 Å². The average Bonchev–Trinajstić information content (AvgIpc) is 3.39. The number of hydrogen-bond donors (Lipinski definition) is 0. The number of non-ortho nitro benzene ring substituents is 1. The Labute approximate surface area is 134 Å². The number of carbonyl (C=O) groups is 1. The predicted molar refractivity (Wildman–Crippen MR) is 85.0 cm³/mol. The molecule has 1 saturated carbocycles. The molecule has 1 amide bonds. The van der Waals surface area contributed by atoms with E-state index in [0.29, 0.717) is 11.8 Å². The lowest BCUT2D eigenvalue weighted by molar-refractivity contribution is -0.384. The fourth-order valence-corrected chi connectivity index (χ4v) is 2.85. The fourth-order valence-electron chi connectivity index (χ4n) is 2.85. The number of nitrogens with zero attached hydrogens (tertiary/aromatic N) is 2. The lowest BCUT2D eigenvalue weighted by atomic mass is 10.0. The molecule has 0 atom stereocenters. The van der Waals surface area contributed by atoms with E-state index in [4.69, 9.17) is 4.74 Å². The molecular weight excluding hydrogens is 296 g/mol. The van der Waals surface area contributed by atoms with Crippen molar-refractivity contribution >= 4 is 11.6 Å². The van der Waals surface area contributed by atoms with Gasteiger partial charge in [-0.3, -0.25) is 14.9 Å². The number of hydrogen-bond acceptors (Lipinski definition) is 4. The van der Waals surface area contributed by atoms with Gasteiger partial charge in [0.25, 0.3) is 11.6 Å². The van der Waals surface area contributed by atoms with Crippen molar-refractivity contribution in [3.63, 3.8) is 0 Å². The van der Waals surface area contributed by atoms with Gasteiger partial charge < -0.3 is 9.64 Å². The topological polar surface area (TPSA) is 72.7 Å². The van der Waals surface area contributed by atoms with Crippen LogP contribution in [0.2, 0.25) is 0 Å². The van der Waals surface area contributed by atoms with Gasteiger partial charge in [0.1, 0.15) is 5.75 Å². The van der Waals surface area contributed by atoms with Gasteiger partial charge in [0.2, 0.25) is 0 Å². The van der Waals surface area contributed by atoms with E-state index < -0.39 is 4.92 Å². The number of ether oxygens (including phenoxy) is 1. The highest BCUT2D eigenvalue weighted by atomic mass is 16.6. The third-order valence-electron chi connectivity index (χ3n) is 4.17. The molecular formula is C17H20N2O4. The molecule has 0 unspecified atom stereocenters. The van der Waals surface area contributed by atoms with Crippen molar-refractivity contribution in [1.29, 1.82) is 0 Å². The van der Waals surface area contributed by atoms with Gasteiger partial charge in [-0.2, -0.15) is 0 Å². The number of nitro groups is 1. The van der Waals surface area contributed by atoms with Crippen LogP contribution in [-0.4, -0.2) is 28.4 Å². The van der Waals surface area contributed by atoms with Gasteiger partial charge in [0.05, 0.1) is 4.92 Å². The second-order valence-corrected chi connectivity index (χ2v) is 5.98. The summed E-state index contributed by atoms with van der Waals surface area (Å²) >= 11 is 0. The average molecular weight is 316 g/mol. The largest absolute Gasteiger partial charge is 0.484 e. The van der Waals surface area contributed by atoms with Gasteiger partial charge in [-0.15, -0.1) is 0 Å². The summed E-state index contributed by atoms with van der Waals surface area (Å²) in [7, 11) is 0. The second-order valence-electron chi connectivity index (χ2n) is 5.98. The highest BCUT2D eigenvalue weighted by molar-refractivity contribution is 5.80. The summed E-state index contributed by atoms with van der Waals surface area (Å²) in [6.45, 7) is -0.0361. The van der Waals surface area contributed by atoms with Crippen LogP contribution >= 0.6 is 0 Å². The monoisotopic (exact) mass is 316 g/mol. The first-order chi connectivity index (χ1) is 11.1. The first-order valence-corrected chi connectivity index (χ1v) is 8.03. The summed E-state index contributed by atoms with van der Waals surface area (Å²) in [5.41, 5.74) is 1.15. The molecule has 0 N–H and O–H groups in total. The maximum atomic E-state index is 12.5. The summed E-state index contributed by atoms with van der Waals surface area (Å²) in [5.74, 6) is 0.441. The molecule has 1 aromatic carbocycles. The summed E-state index contributed by atoms with van der Waals surface area (Å²) < 4.78 is 5.51. The number of rotatable bonds is 6. The smallest absolute Gasteiger partial charge is 0.269 e. The Morgan fingerprint density at radius 3 is 2.57 bits per heavy atom.